The minimum atomic E-state index is 0. The molecule has 5 nitrogen and oxygen atoms in total. The molecule has 124 valence electrons. The van der Waals surface area contributed by atoms with Crippen LogP contribution in [0.3, 0.4) is 0 Å². The molecule has 6 heteroatoms. The molecule has 0 aliphatic carbocycles. The van der Waals surface area contributed by atoms with Crippen LogP contribution < -0.4 is 5.73 Å². The molecule has 0 amide bonds. The number of nitrogens with zero attached hydrogens (tertiary/aromatic N) is 4. The van der Waals surface area contributed by atoms with E-state index in [-0.39, 0.29) is 24.0 Å². The van der Waals surface area contributed by atoms with Crippen LogP contribution in [0.1, 0.15) is 25.3 Å². The predicted octanol–water partition coefficient (Wildman–Crippen LogP) is 3.04. The van der Waals surface area contributed by atoms with E-state index in [1.165, 1.54) is 12.8 Å². The molecule has 0 spiro atoms. The SMILES string of the molecule is CC1CCCN(C(N)=NCc2ccc(-n3cccn3)cc2)C1.I. The van der Waals surface area contributed by atoms with Crippen molar-refractivity contribution in [3.05, 3.63) is 48.3 Å². The van der Waals surface area contributed by atoms with Crippen molar-refractivity contribution in [1.29, 1.82) is 0 Å². The molecule has 3 rings (SSSR count). The summed E-state index contributed by atoms with van der Waals surface area (Å²) in [5, 5.41) is 4.22. The number of piperidine rings is 1. The van der Waals surface area contributed by atoms with Gasteiger partial charge in [-0.1, -0.05) is 19.1 Å². The fourth-order valence-electron chi connectivity index (χ4n) is 2.85. The average molecular weight is 425 g/mol. The van der Waals surface area contributed by atoms with Crippen molar-refractivity contribution >= 4 is 29.9 Å². The highest BCUT2D eigenvalue weighted by Gasteiger charge is 2.17. The minimum Gasteiger partial charge on any atom is -0.370 e. The van der Waals surface area contributed by atoms with Crippen LogP contribution >= 0.6 is 24.0 Å². The molecule has 1 aromatic heterocycles. The van der Waals surface area contributed by atoms with Crippen LogP contribution in [0.5, 0.6) is 0 Å². The van der Waals surface area contributed by atoms with Crippen molar-refractivity contribution in [1.82, 2.24) is 14.7 Å². The Morgan fingerprint density at radius 3 is 2.78 bits per heavy atom. The van der Waals surface area contributed by atoms with E-state index in [2.05, 4.69) is 46.2 Å². The van der Waals surface area contributed by atoms with Gasteiger partial charge in [-0.05, 0) is 42.5 Å². The molecule has 1 fully saturated rings. The third-order valence-corrected chi connectivity index (χ3v) is 4.11. The van der Waals surface area contributed by atoms with Gasteiger partial charge in [0.05, 0.1) is 12.2 Å². The van der Waals surface area contributed by atoms with Crippen LogP contribution in [0.25, 0.3) is 5.69 Å². The van der Waals surface area contributed by atoms with E-state index in [0.717, 1.165) is 24.3 Å². The molecule has 1 aromatic carbocycles. The van der Waals surface area contributed by atoms with Gasteiger partial charge in [0.2, 0.25) is 0 Å². The van der Waals surface area contributed by atoms with Gasteiger partial charge in [-0.15, -0.1) is 24.0 Å². The van der Waals surface area contributed by atoms with Gasteiger partial charge in [-0.2, -0.15) is 5.10 Å². The summed E-state index contributed by atoms with van der Waals surface area (Å²) < 4.78 is 1.84. The van der Waals surface area contributed by atoms with Crippen molar-refractivity contribution in [2.75, 3.05) is 13.1 Å². The number of nitrogens with two attached hydrogens (primary N) is 1. The van der Waals surface area contributed by atoms with Crippen LogP contribution in [0.2, 0.25) is 0 Å². The Balaban J connectivity index is 0.00000192. The molecule has 2 N–H and O–H groups in total. The summed E-state index contributed by atoms with van der Waals surface area (Å²) in [6.45, 7) is 4.94. The van der Waals surface area contributed by atoms with Gasteiger partial charge < -0.3 is 10.6 Å². The molecule has 23 heavy (non-hydrogen) atoms. The van der Waals surface area contributed by atoms with Crippen LogP contribution in [0.4, 0.5) is 0 Å². The Bertz CT molecular complexity index is 621. The van der Waals surface area contributed by atoms with E-state index in [9.17, 15) is 0 Å². The summed E-state index contributed by atoms with van der Waals surface area (Å²) in [5.41, 5.74) is 8.34. The molecule has 0 bridgehead atoms. The Morgan fingerprint density at radius 1 is 1.35 bits per heavy atom. The molecular weight excluding hydrogens is 401 g/mol. The molecule has 2 heterocycles. The van der Waals surface area contributed by atoms with Gasteiger partial charge in [0.1, 0.15) is 0 Å². The molecule has 2 aromatic rings. The molecule has 1 saturated heterocycles. The Kier molecular flexibility index (Phi) is 6.44. The first kappa shape index (κ1) is 17.8. The second-order valence-electron chi connectivity index (χ2n) is 5.98. The highest BCUT2D eigenvalue weighted by molar-refractivity contribution is 14.0. The number of aromatic nitrogens is 2. The summed E-state index contributed by atoms with van der Waals surface area (Å²) in [6, 6.07) is 10.2. The third-order valence-electron chi connectivity index (χ3n) is 4.11. The summed E-state index contributed by atoms with van der Waals surface area (Å²) in [6.07, 6.45) is 6.20. The lowest BCUT2D eigenvalue weighted by atomic mass is 10.0. The van der Waals surface area contributed by atoms with Gasteiger partial charge in [0, 0.05) is 25.5 Å². The van der Waals surface area contributed by atoms with Crippen molar-refractivity contribution in [3.63, 3.8) is 0 Å². The fraction of sp³-hybridized carbons (Fsp3) is 0.412. The number of hydrogen-bond donors (Lipinski definition) is 1. The summed E-state index contributed by atoms with van der Waals surface area (Å²) in [4.78, 5) is 6.74. The second-order valence-corrected chi connectivity index (χ2v) is 5.98. The monoisotopic (exact) mass is 425 g/mol. The lowest BCUT2D eigenvalue weighted by Gasteiger charge is -2.31. The molecule has 1 aliphatic heterocycles. The second kappa shape index (κ2) is 8.33. The summed E-state index contributed by atoms with van der Waals surface area (Å²) >= 11 is 0. The standard InChI is InChI=1S/C17H23N5.HI/c1-14-4-2-10-21(13-14)17(18)19-12-15-5-7-16(8-6-15)22-11-3-9-20-22;/h3,5-9,11,14H,2,4,10,12-13H2,1H3,(H2,18,19);1H. The maximum Gasteiger partial charge on any atom is 0.191 e. The number of benzene rings is 1. The number of likely N-dealkylation sites (tertiary alicyclic amines) is 1. The number of hydrogen-bond acceptors (Lipinski definition) is 2. The Morgan fingerprint density at radius 2 is 2.13 bits per heavy atom. The highest BCUT2D eigenvalue weighted by Crippen LogP contribution is 2.15. The van der Waals surface area contributed by atoms with Crippen molar-refractivity contribution in [3.8, 4) is 5.69 Å². The van der Waals surface area contributed by atoms with Gasteiger partial charge in [0.25, 0.3) is 0 Å². The largest absolute Gasteiger partial charge is 0.370 e. The molecular formula is C17H24IN5. The first-order valence-electron chi connectivity index (χ1n) is 7.86. The number of aliphatic imine (C=N–C) groups is 1. The number of halogens is 1. The Labute approximate surface area is 154 Å². The number of rotatable bonds is 3. The minimum absolute atomic E-state index is 0. The van der Waals surface area contributed by atoms with Crippen LogP contribution in [0, 0.1) is 5.92 Å². The lowest BCUT2D eigenvalue weighted by molar-refractivity contribution is 0.270. The van der Waals surface area contributed by atoms with Gasteiger partial charge in [-0.25, -0.2) is 9.67 Å². The van der Waals surface area contributed by atoms with E-state index in [0.29, 0.717) is 18.4 Å². The maximum atomic E-state index is 6.13. The summed E-state index contributed by atoms with van der Waals surface area (Å²) in [7, 11) is 0. The van der Waals surface area contributed by atoms with E-state index in [1.54, 1.807) is 6.20 Å². The van der Waals surface area contributed by atoms with Gasteiger partial charge in [0.15, 0.2) is 5.96 Å². The third kappa shape index (κ3) is 4.70. The first-order valence-corrected chi connectivity index (χ1v) is 7.86. The molecule has 0 saturated carbocycles. The zero-order chi connectivity index (χ0) is 15.4. The lowest BCUT2D eigenvalue weighted by Crippen LogP contribution is -2.43. The molecule has 0 radical (unpaired) electrons. The van der Waals surface area contributed by atoms with E-state index in [4.69, 9.17) is 5.73 Å². The van der Waals surface area contributed by atoms with Crippen LogP contribution in [-0.2, 0) is 6.54 Å². The normalized spacial score (nSPS) is 18.6. The zero-order valence-electron chi connectivity index (χ0n) is 13.4. The molecule has 1 atom stereocenters. The van der Waals surface area contributed by atoms with Gasteiger partial charge >= 0.3 is 0 Å². The topological polar surface area (TPSA) is 59.4 Å². The summed E-state index contributed by atoms with van der Waals surface area (Å²) in [5.74, 6) is 1.37. The quantitative estimate of drug-likeness (QED) is 0.467. The van der Waals surface area contributed by atoms with E-state index >= 15 is 0 Å². The van der Waals surface area contributed by atoms with Gasteiger partial charge in [-0.3, -0.25) is 0 Å². The van der Waals surface area contributed by atoms with E-state index in [1.807, 2.05) is 16.9 Å². The number of guanidine groups is 1. The highest BCUT2D eigenvalue weighted by atomic mass is 127. The van der Waals surface area contributed by atoms with Crippen molar-refractivity contribution in [2.24, 2.45) is 16.6 Å². The van der Waals surface area contributed by atoms with E-state index < -0.39 is 0 Å². The average Bonchev–Trinajstić information content (AvgIpc) is 3.07. The maximum absolute atomic E-state index is 6.13. The first-order chi connectivity index (χ1) is 10.7. The fourth-order valence-corrected chi connectivity index (χ4v) is 2.85. The molecule has 1 aliphatic rings. The van der Waals surface area contributed by atoms with Crippen LogP contribution in [-0.4, -0.2) is 33.7 Å². The predicted molar refractivity (Wildman–Crippen MR) is 104 cm³/mol. The van der Waals surface area contributed by atoms with Crippen LogP contribution in [0.15, 0.2) is 47.7 Å². The van der Waals surface area contributed by atoms with Crippen molar-refractivity contribution < 1.29 is 0 Å². The van der Waals surface area contributed by atoms with Crippen molar-refractivity contribution in [2.45, 2.75) is 26.3 Å². The molecule has 1 unspecified atom stereocenters. The smallest absolute Gasteiger partial charge is 0.191 e. The Hall–Kier alpha value is -1.57. The zero-order valence-corrected chi connectivity index (χ0v) is 15.8.